The molecule has 1 fully saturated rings. The van der Waals surface area contributed by atoms with Crippen molar-refractivity contribution in [1.29, 1.82) is 0 Å². The Labute approximate surface area is 121 Å². The summed E-state index contributed by atoms with van der Waals surface area (Å²) < 4.78 is 0. The van der Waals surface area contributed by atoms with Gasteiger partial charge in [-0.2, -0.15) is 0 Å². The maximum atomic E-state index is 12.1. The van der Waals surface area contributed by atoms with Gasteiger partial charge in [0, 0.05) is 30.9 Å². The summed E-state index contributed by atoms with van der Waals surface area (Å²) in [7, 11) is 0. The molecule has 1 aromatic rings. The molecule has 4 nitrogen and oxygen atoms in total. The highest BCUT2D eigenvalue weighted by molar-refractivity contribution is 5.82. The average Bonchev–Trinajstić information content (AvgIpc) is 2.92. The number of nitrogens with one attached hydrogen (secondary N) is 2. The van der Waals surface area contributed by atoms with E-state index in [-0.39, 0.29) is 11.3 Å². The van der Waals surface area contributed by atoms with Crippen LogP contribution < -0.4 is 10.6 Å². The molecule has 20 heavy (non-hydrogen) atoms. The second-order valence-electron chi connectivity index (χ2n) is 5.92. The Morgan fingerprint density at radius 3 is 2.85 bits per heavy atom. The normalized spacial score (nSPS) is 17.1. The van der Waals surface area contributed by atoms with Gasteiger partial charge in [0.15, 0.2) is 0 Å². The van der Waals surface area contributed by atoms with Crippen LogP contribution >= 0.6 is 0 Å². The summed E-state index contributed by atoms with van der Waals surface area (Å²) in [4.78, 5) is 16.2. The van der Waals surface area contributed by atoms with Crippen LogP contribution in [-0.2, 0) is 11.3 Å². The molecule has 0 aromatic carbocycles. The Morgan fingerprint density at radius 2 is 2.15 bits per heavy atom. The summed E-state index contributed by atoms with van der Waals surface area (Å²) in [5.74, 6) is 0.238. The Morgan fingerprint density at radius 1 is 1.35 bits per heavy atom. The first-order valence-corrected chi connectivity index (χ1v) is 7.59. The lowest BCUT2D eigenvalue weighted by atomic mass is 9.88. The monoisotopic (exact) mass is 275 g/mol. The Kier molecular flexibility index (Phi) is 5.53. The first kappa shape index (κ1) is 15.0. The van der Waals surface area contributed by atoms with Crippen molar-refractivity contribution in [1.82, 2.24) is 15.6 Å². The molecule has 1 amide bonds. The molecule has 1 heterocycles. The van der Waals surface area contributed by atoms with E-state index in [2.05, 4.69) is 28.6 Å². The fourth-order valence-electron chi connectivity index (χ4n) is 2.75. The topological polar surface area (TPSA) is 54.0 Å². The van der Waals surface area contributed by atoms with Gasteiger partial charge in [0.2, 0.25) is 5.91 Å². The van der Waals surface area contributed by atoms with E-state index in [9.17, 15) is 4.79 Å². The van der Waals surface area contributed by atoms with Gasteiger partial charge >= 0.3 is 0 Å². The van der Waals surface area contributed by atoms with Crippen molar-refractivity contribution in [3.05, 3.63) is 30.1 Å². The predicted octanol–water partition coefficient (Wildman–Crippen LogP) is 2.26. The molecule has 2 rings (SSSR count). The SMILES string of the molecule is CC1(C(=O)NCCCNCc2cccnc2)CCCC1. The molecule has 1 aromatic heterocycles. The number of pyridine rings is 1. The molecule has 0 unspecified atom stereocenters. The van der Waals surface area contributed by atoms with Crippen molar-refractivity contribution in [3.8, 4) is 0 Å². The molecule has 1 aliphatic rings. The third kappa shape index (κ3) is 4.30. The van der Waals surface area contributed by atoms with Crippen LogP contribution in [0.15, 0.2) is 24.5 Å². The fraction of sp³-hybridized carbons (Fsp3) is 0.625. The minimum Gasteiger partial charge on any atom is -0.356 e. The number of rotatable bonds is 7. The number of hydrogen-bond acceptors (Lipinski definition) is 3. The smallest absolute Gasteiger partial charge is 0.225 e. The Bertz CT molecular complexity index is 413. The quantitative estimate of drug-likeness (QED) is 0.751. The summed E-state index contributed by atoms with van der Waals surface area (Å²) >= 11 is 0. The summed E-state index contributed by atoms with van der Waals surface area (Å²) in [5.41, 5.74) is 1.08. The molecule has 0 saturated heterocycles. The van der Waals surface area contributed by atoms with E-state index < -0.39 is 0 Å². The molecular formula is C16H25N3O. The first-order chi connectivity index (χ1) is 9.71. The largest absolute Gasteiger partial charge is 0.356 e. The Hall–Kier alpha value is -1.42. The van der Waals surface area contributed by atoms with E-state index in [1.54, 1.807) is 6.20 Å². The van der Waals surface area contributed by atoms with Gasteiger partial charge in [-0.15, -0.1) is 0 Å². The third-order valence-electron chi connectivity index (χ3n) is 4.12. The lowest BCUT2D eigenvalue weighted by Gasteiger charge is -2.22. The van der Waals surface area contributed by atoms with Gasteiger partial charge in [-0.3, -0.25) is 9.78 Å². The van der Waals surface area contributed by atoms with Crippen LogP contribution in [0.3, 0.4) is 0 Å². The van der Waals surface area contributed by atoms with Gasteiger partial charge in [0.05, 0.1) is 0 Å². The summed E-state index contributed by atoms with van der Waals surface area (Å²) in [6.45, 7) is 4.59. The second-order valence-corrected chi connectivity index (χ2v) is 5.92. The number of carbonyl (C=O) groups is 1. The lowest BCUT2D eigenvalue weighted by Crippen LogP contribution is -2.38. The van der Waals surface area contributed by atoms with Crippen LogP contribution in [0.1, 0.15) is 44.6 Å². The summed E-state index contributed by atoms with van der Waals surface area (Å²) in [6.07, 6.45) is 9.07. The number of aromatic nitrogens is 1. The third-order valence-corrected chi connectivity index (χ3v) is 4.12. The van der Waals surface area contributed by atoms with E-state index in [0.29, 0.717) is 0 Å². The van der Waals surface area contributed by atoms with Gasteiger partial charge in [-0.1, -0.05) is 25.8 Å². The zero-order valence-corrected chi connectivity index (χ0v) is 12.3. The number of carbonyl (C=O) groups excluding carboxylic acids is 1. The molecule has 0 bridgehead atoms. The maximum Gasteiger partial charge on any atom is 0.225 e. The molecule has 2 N–H and O–H groups in total. The van der Waals surface area contributed by atoms with Gasteiger partial charge < -0.3 is 10.6 Å². The molecule has 0 aliphatic heterocycles. The number of amides is 1. The highest BCUT2D eigenvalue weighted by atomic mass is 16.2. The van der Waals surface area contributed by atoms with Crippen LogP contribution in [-0.4, -0.2) is 24.0 Å². The molecule has 110 valence electrons. The van der Waals surface area contributed by atoms with E-state index in [1.807, 2.05) is 12.3 Å². The van der Waals surface area contributed by atoms with Crippen molar-refractivity contribution < 1.29 is 4.79 Å². The minimum atomic E-state index is -0.108. The van der Waals surface area contributed by atoms with E-state index >= 15 is 0 Å². The molecule has 4 heteroatoms. The lowest BCUT2D eigenvalue weighted by molar-refractivity contribution is -0.129. The van der Waals surface area contributed by atoms with Crippen LogP contribution in [0.5, 0.6) is 0 Å². The standard InChI is InChI=1S/C16H25N3O/c1-16(7-2-3-8-16)15(20)19-11-5-10-18-13-14-6-4-9-17-12-14/h4,6,9,12,18H,2-3,5,7-8,10-11,13H2,1H3,(H,19,20). The highest BCUT2D eigenvalue weighted by Crippen LogP contribution is 2.37. The van der Waals surface area contributed by atoms with Crippen molar-refractivity contribution in [3.63, 3.8) is 0 Å². The number of hydrogen-bond donors (Lipinski definition) is 2. The average molecular weight is 275 g/mol. The fourth-order valence-corrected chi connectivity index (χ4v) is 2.75. The summed E-state index contributed by atoms with van der Waals surface area (Å²) in [5, 5.41) is 6.44. The van der Waals surface area contributed by atoms with Crippen LogP contribution in [0.25, 0.3) is 0 Å². The van der Waals surface area contributed by atoms with Crippen LogP contribution in [0.4, 0.5) is 0 Å². The maximum absolute atomic E-state index is 12.1. The van der Waals surface area contributed by atoms with Gasteiger partial charge in [0.1, 0.15) is 0 Å². The van der Waals surface area contributed by atoms with Crippen molar-refractivity contribution >= 4 is 5.91 Å². The van der Waals surface area contributed by atoms with Gasteiger partial charge in [-0.25, -0.2) is 0 Å². The molecule has 0 spiro atoms. The number of nitrogens with zero attached hydrogens (tertiary/aromatic N) is 1. The minimum absolute atomic E-state index is 0.108. The molecule has 0 atom stereocenters. The van der Waals surface area contributed by atoms with Gasteiger partial charge in [-0.05, 0) is 37.4 Å². The zero-order chi connectivity index (χ0) is 14.3. The predicted molar refractivity (Wildman–Crippen MR) is 80.1 cm³/mol. The molecule has 1 aliphatic carbocycles. The zero-order valence-electron chi connectivity index (χ0n) is 12.3. The van der Waals surface area contributed by atoms with E-state index in [4.69, 9.17) is 0 Å². The molecule has 0 radical (unpaired) electrons. The van der Waals surface area contributed by atoms with E-state index in [0.717, 1.165) is 38.9 Å². The second kappa shape index (κ2) is 7.39. The highest BCUT2D eigenvalue weighted by Gasteiger charge is 2.35. The van der Waals surface area contributed by atoms with Crippen LogP contribution in [0.2, 0.25) is 0 Å². The molecule has 1 saturated carbocycles. The first-order valence-electron chi connectivity index (χ1n) is 7.59. The Balaban J connectivity index is 1.54. The summed E-state index contributed by atoms with van der Waals surface area (Å²) in [6, 6.07) is 4.00. The van der Waals surface area contributed by atoms with Gasteiger partial charge in [0.25, 0.3) is 0 Å². The van der Waals surface area contributed by atoms with E-state index in [1.165, 1.54) is 18.4 Å². The van der Waals surface area contributed by atoms with Crippen molar-refractivity contribution in [2.75, 3.05) is 13.1 Å². The van der Waals surface area contributed by atoms with Crippen molar-refractivity contribution in [2.24, 2.45) is 5.41 Å². The van der Waals surface area contributed by atoms with Crippen molar-refractivity contribution in [2.45, 2.75) is 45.6 Å². The van der Waals surface area contributed by atoms with Crippen LogP contribution in [0, 0.1) is 5.41 Å². The molecular weight excluding hydrogens is 250 g/mol.